The first kappa shape index (κ1) is 16.3. The van der Waals surface area contributed by atoms with Crippen molar-refractivity contribution in [3.05, 3.63) is 87.1 Å². The van der Waals surface area contributed by atoms with E-state index in [1.54, 1.807) is 17.4 Å². The second-order valence-corrected chi connectivity index (χ2v) is 7.37. The molecule has 2 aromatic carbocycles. The van der Waals surface area contributed by atoms with Gasteiger partial charge in [-0.15, -0.1) is 11.3 Å². The predicted octanol–water partition coefficient (Wildman–Crippen LogP) is 5.33. The van der Waals surface area contributed by atoms with Crippen molar-refractivity contribution in [1.82, 2.24) is 5.32 Å². The van der Waals surface area contributed by atoms with Crippen molar-refractivity contribution in [2.24, 2.45) is 4.99 Å². The van der Waals surface area contributed by atoms with Gasteiger partial charge in [0.2, 0.25) is 0 Å². The van der Waals surface area contributed by atoms with Crippen molar-refractivity contribution in [2.75, 3.05) is 0 Å². The van der Waals surface area contributed by atoms with Gasteiger partial charge in [-0.2, -0.15) is 0 Å². The summed E-state index contributed by atoms with van der Waals surface area (Å²) in [5, 5.41) is 16.6. The highest BCUT2D eigenvalue weighted by atomic mass is 35.5. The Labute approximate surface area is 155 Å². The molecule has 2 atom stereocenters. The highest BCUT2D eigenvalue weighted by molar-refractivity contribution is 7.12. The Morgan fingerprint density at radius 3 is 2.56 bits per heavy atom. The SMILES string of the molecule is Oc1ccccc1[C@@H]1CC(c2cccs2)=N[C@H](c2ccc(Cl)cc2)N1. The zero-order valence-corrected chi connectivity index (χ0v) is 15.0. The summed E-state index contributed by atoms with van der Waals surface area (Å²) in [6.45, 7) is 0. The van der Waals surface area contributed by atoms with E-state index >= 15 is 0 Å². The number of aliphatic imine (C=N–C) groups is 1. The maximum atomic E-state index is 10.3. The quantitative estimate of drug-likeness (QED) is 0.656. The molecule has 0 saturated carbocycles. The minimum absolute atomic E-state index is 0.00326. The number of thiophene rings is 1. The average molecular weight is 369 g/mol. The van der Waals surface area contributed by atoms with Gasteiger partial charge in [0, 0.05) is 27.9 Å². The molecule has 3 nitrogen and oxygen atoms in total. The molecule has 0 bridgehead atoms. The number of aromatic hydroxyl groups is 1. The molecule has 5 heteroatoms. The van der Waals surface area contributed by atoms with E-state index in [-0.39, 0.29) is 12.2 Å². The van der Waals surface area contributed by atoms with Crippen LogP contribution in [-0.4, -0.2) is 10.8 Å². The van der Waals surface area contributed by atoms with Gasteiger partial charge in [-0.1, -0.05) is 48.0 Å². The first-order valence-corrected chi connectivity index (χ1v) is 9.36. The molecule has 0 amide bonds. The third kappa shape index (κ3) is 3.47. The van der Waals surface area contributed by atoms with Crippen LogP contribution in [0.4, 0.5) is 0 Å². The van der Waals surface area contributed by atoms with E-state index in [4.69, 9.17) is 16.6 Å². The minimum Gasteiger partial charge on any atom is -0.508 e. The van der Waals surface area contributed by atoms with Crippen molar-refractivity contribution in [1.29, 1.82) is 0 Å². The van der Waals surface area contributed by atoms with Crippen LogP contribution in [0.1, 0.15) is 34.6 Å². The number of hydrogen-bond donors (Lipinski definition) is 2. The van der Waals surface area contributed by atoms with E-state index in [1.165, 1.54) is 4.88 Å². The van der Waals surface area contributed by atoms with Crippen LogP contribution in [0, 0.1) is 0 Å². The third-order valence-electron chi connectivity index (χ3n) is 4.34. The molecule has 126 valence electrons. The van der Waals surface area contributed by atoms with Crippen LogP contribution in [-0.2, 0) is 0 Å². The van der Waals surface area contributed by atoms with Crippen molar-refractivity contribution < 1.29 is 5.11 Å². The largest absolute Gasteiger partial charge is 0.508 e. The van der Waals surface area contributed by atoms with Gasteiger partial charge in [-0.05, 0) is 35.2 Å². The standard InChI is InChI=1S/C20H17ClN2OS/c21-14-9-7-13(8-10-14)20-22-16(15-4-1-2-5-18(15)24)12-17(23-20)19-6-3-11-25-19/h1-11,16,20,22,24H,12H2/t16-,20+/m0/s1. The summed E-state index contributed by atoms with van der Waals surface area (Å²) in [5.41, 5.74) is 3.01. The van der Waals surface area contributed by atoms with Crippen LogP contribution in [0.25, 0.3) is 0 Å². The van der Waals surface area contributed by atoms with Gasteiger partial charge in [0.1, 0.15) is 11.9 Å². The molecule has 1 aliphatic heterocycles. The fraction of sp³-hybridized carbons (Fsp3) is 0.150. The fourth-order valence-electron chi connectivity index (χ4n) is 3.09. The molecule has 1 aliphatic rings. The summed E-state index contributed by atoms with van der Waals surface area (Å²) < 4.78 is 0. The lowest BCUT2D eigenvalue weighted by Crippen LogP contribution is -2.32. The highest BCUT2D eigenvalue weighted by Gasteiger charge is 2.27. The van der Waals surface area contributed by atoms with E-state index in [0.717, 1.165) is 23.3 Å². The summed E-state index contributed by atoms with van der Waals surface area (Å²) in [6.07, 6.45) is 0.565. The fourth-order valence-corrected chi connectivity index (χ4v) is 3.95. The van der Waals surface area contributed by atoms with Crippen LogP contribution in [0.15, 0.2) is 71.0 Å². The summed E-state index contributed by atoms with van der Waals surface area (Å²) in [5.74, 6) is 0.308. The number of phenolic OH excluding ortho intramolecular Hbond substituents is 1. The molecule has 1 aromatic heterocycles. The maximum Gasteiger partial charge on any atom is 0.126 e. The van der Waals surface area contributed by atoms with Crippen molar-refractivity contribution in [3.8, 4) is 5.75 Å². The number of benzene rings is 2. The Morgan fingerprint density at radius 2 is 1.84 bits per heavy atom. The van der Waals surface area contributed by atoms with E-state index in [1.807, 2.05) is 48.5 Å². The third-order valence-corrected chi connectivity index (χ3v) is 5.52. The van der Waals surface area contributed by atoms with Crippen molar-refractivity contribution in [2.45, 2.75) is 18.6 Å². The Bertz CT molecular complexity index is 890. The number of para-hydroxylation sites is 1. The minimum atomic E-state index is -0.173. The van der Waals surface area contributed by atoms with Crippen LogP contribution >= 0.6 is 22.9 Å². The molecule has 2 N–H and O–H groups in total. The summed E-state index contributed by atoms with van der Waals surface area (Å²) in [4.78, 5) is 6.09. The number of rotatable bonds is 3. The smallest absolute Gasteiger partial charge is 0.126 e. The lowest BCUT2D eigenvalue weighted by atomic mass is 9.96. The van der Waals surface area contributed by atoms with Gasteiger partial charge >= 0.3 is 0 Å². The van der Waals surface area contributed by atoms with Crippen molar-refractivity contribution >= 4 is 28.6 Å². The summed E-state index contributed by atoms with van der Waals surface area (Å²) >= 11 is 7.71. The molecule has 0 saturated heterocycles. The van der Waals surface area contributed by atoms with Gasteiger partial charge in [-0.3, -0.25) is 10.3 Å². The first-order valence-electron chi connectivity index (χ1n) is 8.10. The summed E-state index contributed by atoms with van der Waals surface area (Å²) in [7, 11) is 0. The van der Waals surface area contributed by atoms with E-state index < -0.39 is 0 Å². The number of phenols is 1. The Balaban J connectivity index is 1.74. The molecular formula is C20H17ClN2OS. The molecule has 0 aliphatic carbocycles. The van der Waals surface area contributed by atoms with E-state index in [9.17, 15) is 5.11 Å². The number of nitrogens with zero attached hydrogens (tertiary/aromatic N) is 1. The predicted molar refractivity (Wildman–Crippen MR) is 104 cm³/mol. The molecule has 25 heavy (non-hydrogen) atoms. The van der Waals surface area contributed by atoms with E-state index in [2.05, 4.69) is 16.8 Å². The average Bonchev–Trinajstić information content (AvgIpc) is 3.17. The first-order chi connectivity index (χ1) is 12.2. The molecule has 2 heterocycles. The van der Waals surface area contributed by atoms with Gasteiger partial charge in [0.05, 0.1) is 5.71 Å². The van der Waals surface area contributed by atoms with E-state index in [0.29, 0.717) is 10.8 Å². The normalized spacial score (nSPS) is 20.3. The topological polar surface area (TPSA) is 44.6 Å². The molecular weight excluding hydrogens is 352 g/mol. The lowest BCUT2D eigenvalue weighted by Gasteiger charge is -2.30. The van der Waals surface area contributed by atoms with Crippen LogP contribution < -0.4 is 5.32 Å². The van der Waals surface area contributed by atoms with Gasteiger partial charge in [0.25, 0.3) is 0 Å². The second-order valence-electron chi connectivity index (χ2n) is 5.99. The Hall–Kier alpha value is -2.14. The summed E-state index contributed by atoms with van der Waals surface area (Å²) in [6, 6.07) is 19.3. The number of hydrogen-bond acceptors (Lipinski definition) is 4. The van der Waals surface area contributed by atoms with Crippen LogP contribution in [0.3, 0.4) is 0 Å². The number of nitrogens with one attached hydrogen (secondary N) is 1. The zero-order chi connectivity index (χ0) is 17.2. The Morgan fingerprint density at radius 1 is 1.04 bits per heavy atom. The van der Waals surface area contributed by atoms with Gasteiger partial charge < -0.3 is 5.11 Å². The molecule has 3 aromatic rings. The second kappa shape index (κ2) is 7.00. The van der Waals surface area contributed by atoms with Crippen molar-refractivity contribution in [3.63, 3.8) is 0 Å². The lowest BCUT2D eigenvalue weighted by molar-refractivity contribution is 0.413. The zero-order valence-electron chi connectivity index (χ0n) is 13.4. The molecule has 0 radical (unpaired) electrons. The van der Waals surface area contributed by atoms with Gasteiger partial charge in [0.15, 0.2) is 0 Å². The monoisotopic (exact) mass is 368 g/mol. The van der Waals surface area contributed by atoms with Crippen LogP contribution in [0.5, 0.6) is 5.75 Å². The highest BCUT2D eigenvalue weighted by Crippen LogP contribution is 2.35. The maximum absolute atomic E-state index is 10.3. The molecule has 4 rings (SSSR count). The number of halogens is 1. The Kier molecular flexibility index (Phi) is 4.57. The molecule has 0 spiro atoms. The van der Waals surface area contributed by atoms with Gasteiger partial charge in [-0.25, -0.2) is 0 Å². The van der Waals surface area contributed by atoms with Crippen LogP contribution in [0.2, 0.25) is 5.02 Å². The molecule has 0 unspecified atom stereocenters. The molecule has 0 fully saturated rings.